The SMILES string of the molecule is CC(NCC(O)C1CC1)C(=O)N1CCCC1. The third-order valence-corrected chi connectivity index (χ3v) is 3.59. The summed E-state index contributed by atoms with van der Waals surface area (Å²) in [6.45, 7) is 4.23. The number of aliphatic hydroxyl groups excluding tert-OH is 1. The number of hydrogen-bond donors (Lipinski definition) is 2. The number of carbonyl (C=O) groups excluding carboxylic acids is 1. The van der Waals surface area contributed by atoms with E-state index in [1.807, 2.05) is 11.8 Å². The maximum atomic E-state index is 11.9. The van der Waals surface area contributed by atoms with E-state index in [9.17, 15) is 9.90 Å². The summed E-state index contributed by atoms with van der Waals surface area (Å²) in [6, 6.07) is -0.161. The fraction of sp³-hybridized carbons (Fsp3) is 0.917. The van der Waals surface area contributed by atoms with Gasteiger partial charge in [0.05, 0.1) is 12.1 Å². The van der Waals surface area contributed by atoms with E-state index in [-0.39, 0.29) is 18.1 Å². The lowest BCUT2D eigenvalue weighted by Crippen LogP contribution is -2.46. The second-order valence-electron chi connectivity index (χ2n) is 5.07. The Labute approximate surface area is 97.0 Å². The van der Waals surface area contributed by atoms with Gasteiger partial charge >= 0.3 is 0 Å². The van der Waals surface area contributed by atoms with Gasteiger partial charge in [0.1, 0.15) is 0 Å². The normalized spacial score (nSPS) is 24.5. The summed E-state index contributed by atoms with van der Waals surface area (Å²) in [5.41, 5.74) is 0. The van der Waals surface area contributed by atoms with E-state index in [4.69, 9.17) is 0 Å². The van der Waals surface area contributed by atoms with Crippen molar-refractivity contribution in [2.75, 3.05) is 19.6 Å². The molecule has 92 valence electrons. The summed E-state index contributed by atoms with van der Waals surface area (Å²) in [6.07, 6.45) is 4.26. The van der Waals surface area contributed by atoms with Crippen molar-refractivity contribution < 1.29 is 9.90 Å². The molecule has 2 fully saturated rings. The molecule has 1 saturated carbocycles. The van der Waals surface area contributed by atoms with Crippen LogP contribution in [0.25, 0.3) is 0 Å². The van der Waals surface area contributed by atoms with Crippen LogP contribution in [-0.2, 0) is 4.79 Å². The highest BCUT2D eigenvalue weighted by atomic mass is 16.3. The number of carbonyl (C=O) groups is 1. The minimum absolute atomic E-state index is 0.161. The molecule has 0 aromatic heterocycles. The molecule has 0 bridgehead atoms. The van der Waals surface area contributed by atoms with Gasteiger partial charge in [0, 0.05) is 19.6 Å². The first kappa shape index (κ1) is 11.9. The molecule has 0 radical (unpaired) electrons. The third-order valence-electron chi connectivity index (χ3n) is 3.59. The molecule has 0 aromatic carbocycles. The van der Waals surface area contributed by atoms with Gasteiger partial charge in [0.15, 0.2) is 0 Å². The molecule has 1 heterocycles. The van der Waals surface area contributed by atoms with Crippen LogP contribution in [0.2, 0.25) is 0 Å². The summed E-state index contributed by atoms with van der Waals surface area (Å²) < 4.78 is 0. The van der Waals surface area contributed by atoms with Crippen molar-refractivity contribution in [1.82, 2.24) is 10.2 Å². The maximum Gasteiger partial charge on any atom is 0.239 e. The molecule has 4 nitrogen and oxygen atoms in total. The summed E-state index contributed by atoms with van der Waals surface area (Å²) in [7, 11) is 0. The minimum Gasteiger partial charge on any atom is -0.392 e. The van der Waals surface area contributed by atoms with Gasteiger partial charge in [-0.3, -0.25) is 4.79 Å². The molecule has 1 saturated heterocycles. The Hall–Kier alpha value is -0.610. The zero-order valence-electron chi connectivity index (χ0n) is 9.98. The predicted octanol–water partition coefficient (Wildman–Crippen LogP) is 0.358. The Morgan fingerprint density at radius 1 is 1.44 bits per heavy atom. The molecule has 2 N–H and O–H groups in total. The number of nitrogens with zero attached hydrogens (tertiary/aromatic N) is 1. The molecule has 0 spiro atoms. The highest BCUT2D eigenvalue weighted by molar-refractivity contribution is 5.81. The molecule has 2 atom stereocenters. The van der Waals surface area contributed by atoms with Gasteiger partial charge in [-0.1, -0.05) is 0 Å². The average Bonchev–Trinajstić information content (AvgIpc) is 3.00. The van der Waals surface area contributed by atoms with Crippen LogP contribution in [-0.4, -0.2) is 47.7 Å². The molecule has 4 heteroatoms. The molecule has 1 amide bonds. The summed E-state index contributed by atoms with van der Waals surface area (Å²) >= 11 is 0. The van der Waals surface area contributed by atoms with E-state index in [1.165, 1.54) is 0 Å². The second kappa shape index (κ2) is 5.15. The first-order chi connectivity index (χ1) is 7.68. The van der Waals surface area contributed by atoms with E-state index < -0.39 is 0 Å². The smallest absolute Gasteiger partial charge is 0.239 e. The number of nitrogens with one attached hydrogen (secondary N) is 1. The van der Waals surface area contributed by atoms with Gasteiger partial charge in [-0.15, -0.1) is 0 Å². The molecular formula is C12H22N2O2. The van der Waals surface area contributed by atoms with Crippen molar-refractivity contribution in [2.24, 2.45) is 5.92 Å². The van der Waals surface area contributed by atoms with Crippen molar-refractivity contribution in [3.63, 3.8) is 0 Å². The number of rotatable bonds is 5. The lowest BCUT2D eigenvalue weighted by molar-refractivity contribution is -0.132. The van der Waals surface area contributed by atoms with E-state index in [1.54, 1.807) is 0 Å². The van der Waals surface area contributed by atoms with Gasteiger partial charge in [0.2, 0.25) is 5.91 Å². The number of likely N-dealkylation sites (tertiary alicyclic amines) is 1. The van der Waals surface area contributed by atoms with E-state index in [0.717, 1.165) is 38.8 Å². The van der Waals surface area contributed by atoms with E-state index in [2.05, 4.69) is 5.32 Å². The summed E-state index contributed by atoms with van der Waals surface area (Å²) in [5.74, 6) is 0.655. The van der Waals surface area contributed by atoms with Crippen LogP contribution in [0.4, 0.5) is 0 Å². The molecule has 16 heavy (non-hydrogen) atoms. The predicted molar refractivity (Wildman–Crippen MR) is 62.0 cm³/mol. The largest absolute Gasteiger partial charge is 0.392 e. The number of hydrogen-bond acceptors (Lipinski definition) is 3. The van der Waals surface area contributed by atoms with E-state index >= 15 is 0 Å². The zero-order chi connectivity index (χ0) is 11.5. The zero-order valence-corrected chi connectivity index (χ0v) is 9.98. The Bertz CT molecular complexity index is 247. The molecule has 1 aliphatic heterocycles. The molecule has 0 aromatic rings. The lowest BCUT2D eigenvalue weighted by Gasteiger charge is -2.22. The summed E-state index contributed by atoms with van der Waals surface area (Å²) in [5, 5.41) is 12.8. The minimum atomic E-state index is -0.270. The van der Waals surface area contributed by atoms with Gasteiger partial charge < -0.3 is 15.3 Å². The van der Waals surface area contributed by atoms with Crippen LogP contribution in [0.5, 0.6) is 0 Å². The third kappa shape index (κ3) is 2.95. The fourth-order valence-corrected chi connectivity index (χ4v) is 2.24. The van der Waals surface area contributed by atoms with Crippen LogP contribution in [0.15, 0.2) is 0 Å². The molecular weight excluding hydrogens is 204 g/mol. The van der Waals surface area contributed by atoms with Crippen LogP contribution < -0.4 is 5.32 Å². The van der Waals surface area contributed by atoms with Gasteiger partial charge in [0.25, 0.3) is 0 Å². The number of amides is 1. The quantitative estimate of drug-likeness (QED) is 0.711. The van der Waals surface area contributed by atoms with Gasteiger partial charge in [-0.2, -0.15) is 0 Å². The van der Waals surface area contributed by atoms with Gasteiger partial charge in [-0.05, 0) is 38.5 Å². The topological polar surface area (TPSA) is 52.6 Å². The fourth-order valence-electron chi connectivity index (χ4n) is 2.24. The first-order valence-corrected chi connectivity index (χ1v) is 6.38. The van der Waals surface area contributed by atoms with Crippen LogP contribution in [0.3, 0.4) is 0 Å². The lowest BCUT2D eigenvalue weighted by atomic mass is 10.2. The number of aliphatic hydroxyl groups is 1. The van der Waals surface area contributed by atoms with Crippen LogP contribution in [0, 0.1) is 5.92 Å². The monoisotopic (exact) mass is 226 g/mol. The average molecular weight is 226 g/mol. The molecule has 1 aliphatic carbocycles. The Morgan fingerprint density at radius 2 is 2.06 bits per heavy atom. The van der Waals surface area contributed by atoms with Crippen molar-refractivity contribution in [2.45, 2.75) is 44.8 Å². The maximum absolute atomic E-state index is 11.9. The molecule has 2 unspecified atom stereocenters. The van der Waals surface area contributed by atoms with E-state index in [0.29, 0.717) is 12.5 Å². The van der Waals surface area contributed by atoms with Crippen molar-refractivity contribution in [1.29, 1.82) is 0 Å². The standard InChI is InChI=1S/C12H22N2O2/c1-9(12(16)14-6-2-3-7-14)13-8-11(15)10-4-5-10/h9-11,13,15H,2-8H2,1H3. The van der Waals surface area contributed by atoms with Gasteiger partial charge in [-0.25, -0.2) is 0 Å². The van der Waals surface area contributed by atoms with Crippen LogP contribution >= 0.6 is 0 Å². The van der Waals surface area contributed by atoms with Crippen LogP contribution in [0.1, 0.15) is 32.6 Å². The first-order valence-electron chi connectivity index (χ1n) is 6.38. The second-order valence-corrected chi connectivity index (χ2v) is 5.07. The molecule has 2 rings (SSSR count). The summed E-state index contributed by atoms with van der Waals surface area (Å²) in [4.78, 5) is 13.8. The molecule has 2 aliphatic rings. The Morgan fingerprint density at radius 3 is 2.62 bits per heavy atom. The van der Waals surface area contributed by atoms with Crippen molar-refractivity contribution in [3.8, 4) is 0 Å². The Balaban J connectivity index is 1.69. The van der Waals surface area contributed by atoms with Crippen molar-refractivity contribution >= 4 is 5.91 Å². The highest BCUT2D eigenvalue weighted by Gasteiger charge is 2.30. The Kier molecular flexibility index (Phi) is 3.82. The van der Waals surface area contributed by atoms with Crippen molar-refractivity contribution in [3.05, 3.63) is 0 Å². The highest BCUT2D eigenvalue weighted by Crippen LogP contribution is 2.32.